The molecule has 0 radical (unpaired) electrons. The maximum Gasteiger partial charge on any atom is 0.122 e. The Kier molecular flexibility index (Phi) is 5.25. The monoisotopic (exact) mass is 295 g/mol. The third-order valence-electron chi connectivity index (χ3n) is 2.88. The minimum Gasteiger partial charge on any atom is -0.488 e. The normalized spacial score (nSPS) is 12.4. The molecule has 1 aromatic heterocycles. The summed E-state index contributed by atoms with van der Waals surface area (Å²) in [7, 11) is 0. The van der Waals surface area contributed by atoms with Crippen LogP contribution in [0.5, 0.6) is 5.75 Å². The highest BCUT2D eigenvalue weighted by Crippen LogP contribution is 2.24. The van der Waals surface area contributed by atoms with E-state index in [4.69, 9.17) is 16.3 Å². The zero-order valence-corrected chi connectivity index (χ0v) is 12.7. The van der Waals surface area contributed by atoms with E-state index in [-0.39, 0.29) is 0 Å². The minimum absolute atomic E-state index is 0.338. The Bertz CT molecular complexity index is 526. The molecule has 1 unspecified atom stereocenters. The SMILES string of the molecule is CCNC(C)c1cccc(OCc2ccc(Cl)s2)c1. The Morgan fingerprint density at radius 1 is 1.32 bits per heavy atom. The molecular formula is C15H18ClNOS. The van der Waals surface area contributed by atoms with Crippen molar-refractivity contribution in [3.8, 4) is 5.75 Å². The summed E-state index contributed by atoms with van der Waals surface area (Å²) >= 11 is 7.45. The number of hydrogen-bond donors (Lipinski definition) is 1. The van der Waals surface area contributed by atoms with Gasteiger partial charge in [0.2, 0.25) is 0 Å². The van der Waals surface area contributed by atoms with E-state index in [1.54, 1.807) is 11.3 Å². The number of ether oxygens (including phenoxy) is 1. The first-order valence-electron chi connectivity index (χ1n) is 6.39. The number of hydrogen-bond acceptors (Lipinski definition) is 3. The third kappa shape index (κ3) is 4.23. The number of rotatable bonds is 6. The Morgan fingerprint density at radius 2 is 2.16 bits per heavy atom. The maximum atomic E-state index is 5.90. The summed E-state index contributed by atoms with van der Waals surface area (Å²) in [5.41, 5.74) is 1.24. The molecule has 4 heteroatoms. The van der Waals surface area contributed by atoms with Crippen molar-refractivity contribution in [2.24, 2.45) is 0 Å². The van der Waals surface area contributed by atoms with Gasteiger partial charge < -0.3 is 10.1 Å². The number of thiophene rings is 1. The molecule has 1 N–H and O–H groups in total. The van der Waals surface area contributed by atoms with Crippen LogP contribution >= 0.6 is 22.9 Å². The van der Waals surface area contributed by atoms with E-state index in [1.807, 2.05) is 24.3 Å². The summed E-state index contributed by atoms with van der Waals surface area (Å²) < 4.78 is 6.60. The average molecular weight is 296 g/mol. The second kappa shape index (κ2) is 6.94. The van der Waals surface area contributed by atoms with Crippen LogP contribution in [-0.4, -0.2) is 6.54 Å². The first-order valence-corrected chi connectivity index (χ1v) is 7.59. The van der Waals surface area contributed by atoms with Gasteiger partial charge in [0.1, 0.15) is 12.4 Å². The predicted molar refractivity (Wildman–Crippen MR) is 82.2 cm³/mol. The standard InChI is InChI=1S/C15H18ClNOS/c1-3-17-11(2)12-5-4-6-13(9-12)18-10-14-7-8-15(16)19-14/h4-9,11,17H,3,10H2,1-2H3. The van der Waals surface area contributed by atoms with Crippen molar-refractivity contribution in [1.29, 1.82) is 0 Å². The third-order valence-corrected chi connectivity index (χ3v) is 4.08. The molecule has 0 saturated carbocycles. The van der Waals surface area contributed by atoms with Crippen molar-refractivity contribution in [3.05, 3.63) is 51.2 Å². The molecule has 1 atom stereocenters. The topological polar surface area (TPSA) is 21.3 Å². The Morgan fingerprint density at radius 3 is 2.84 bits per heavy atom. The lowest BCUT2D eigenvalue weighted by Crippen LogP contribution is -2.17. The lowest BCUT2D eigenvalue weighted by atomic mass is 10.1. The molecule has 2 nitrogen and oxygen atoms in total. The molecule has 2 aromatic rings. The van der Waals surface area contributed by atoms with Gasteiger partial charge in [0.15, 0.2) is 0 Å². The Hall–Kier alpha value is -1.03. The van der Waals surface area contributed by atoms with Gasteiger partial charge in [-0.1, -0.05) is 30.7 Å². The number of nitrogens with one attached hydrogen (secondary N) is 1. The second-order valence-electron chi connectivity index (χ2n) is 4.35. The van der Waals surface area contributed by atoms with Crippen LogP contribution in [0.25, 0.3) is 0 Å². The zero-order valence-electron chi connectivity index (χ0n) is 11.2. The minimum atomic E-state index is 0.338. The summed E-state index contributed by atoms with van der Waals surface area (Å²) in [6.07, 6.45) is 0. The van der Waals surface area contributed by atoms with E-state index in [0.717, 1.165) is 21.5 Å². The first kappa shape index (κ1) is 14.4. The van der Waals surface area contributed by atoms with Gasteiger partial charge in [0.05, 0.1) is 4.34 Å². The molecule has 0 saturated heterocycles. The lowest BCUT2D eigenvalue weighted by molar-refractivity contribution is 0.309. The van der Waals surface area contributed by atoms with Crippen LogP contribution in [0.4, 0.5) is 0 Å². The molecule has 0 fully saturated rings. The summed E-state index contributed by atoms with van der Waals surface area (Å²) in [4.78, 5) is 1.13. The van der Waals surface area contributed by atoms with E-state index >= 15 is 0 Å². The maximum absolute atomic E-state index is 5.90. The van der Waals surface area contributed by atoms with Gasteiger partial charge in [-0.15, -0.1) is 11.3 Å². The van der Waals surface area contributed by atoms with E-state index in [0.29, 0.717) is 12.6 Å². The fourth-order valence-electron chi connectivity index (χ4n) is 1.88. The number of benzene rings is 1. The van der Waals surface area contributed by atoms with Crippen molar-refractivity contribution >= 4 is 22.9 Å². The molecule has 2 rings (SSSR count). The van der Waals surface area contributed by atoms with E-state index in [2.05, 4.69) is 31.3 Å². The second-order valence-corrected chi connectivity index (χ2v) is 6.15. The molecular weight excluding hydrogens is 278 g/mol. The first-order chi connectivity index (χ1) is 9.19. The quantitative estimate of drug-likeness (QED) is 0.837. The fourth-order valence-corrected chi connectivity index (χ4v) is 2.88. The Labute approximate surface area is 123 Å². The van der Waals surface area contributed by atoms with Gasteiger partial charge in [-0.05, 0) is 43.3 Å². The molecule has 102 valence electrons. The summed E-state index contributed by atoms with van der Waals surface area (Å²) in [6.45, 7) is 5.79. The highest BCUT2D eigenvalue weighted by molar-refractivity contribution is 7.16. The van der Waals surface area contributed by atoms with E-state index in [1.165, 1.54) is 5.56 Å². The highest BCUT2D eigenvalue weighted by Gasteiger charge is 2.05. The van der Waals surface area contributed by atoms with Crippen LogP contribution in [0.2, 0.25) is 4.34 Å². The predicted octanol–water partition coefficient (Wildman–Crippen LogP) is 4.65. The summed E-state index contributed by atoms with van der Waals surface area (Å²) in [6, 6.07) is 12.4. The zero-order chi connectivity index (χ0) is 13.7. The molecule has 0 aliphatic rings. The molecule has 0 aliphatic carbocycles. The molecule has 0 bridgehead atoms. The average Bonchev–Trinajstić information content (AvgIpc) is 2.83. The van der Waals surface area contributed by atoms with Gasteiger partial charge in [0.25, 0.3) is 0 Å². The largest absolute Gasteiger partial charge is 0.488 e. The van der Waals surface area contributed by atoms with Crippen molar-refractivity contribution in [2.45, 2.75) is 26.5 Å². The van der Waals surface area contributed by atoms with Crippen LogP contribution < -0.4 is 10.1 Å². The van der Waals surface area contributed by atoms with Gasteiger partial charge in [-0.2, -0.15) is 0 Å². The van der Waals surface area contributed by atoms with Crippen molar-refractivity contribution in [2.75, 3.05) is 6.54 Å². The van der Waals surface area contributed by atoms with Crippen LogP contribution in [0.1, 0.15) is 30.3 Å². The smallest absolute Gasteiger partial charge is 0.122 e. The van der Waals surface area contributed by atoms with Crippen molar-refractivity contribution in [3.63, 3.8) is 0 Å². The Balaban J connectivity index is 1.98. The molecule has 0 spiro atoms. The molecule has 19 heavy (non-hydrogen) atoms. The van der Waals surface area contributed by atoms with Gasteiger partial charge in [-0.25, -0.2) is 0 Å². The lowest BCUT2D eigenvalue weighted by Gasteiger charge is -2.14. The number of halogens is 1. The van der Waals surface area contributed by atoms with Gasteiger partial charge in [-0.3, -0.25) is 0 Å². The van der Waals surface area contributed by atoms with Gasteiger partial charge in [0, 0.05) is 10.9 Å². The summed E-state index contributed by atoms with van der Waals surface area (Å²) in [5, 5.41) is 3.40. The van der Waals surface area contributed by atoms with Crippen molar-refractivity contribution in [1.82, 2.24) is 5.32 Å². The van der Waals surface area contributed by atoms with Crippen LogP contribution in [0, 0.1) is 0 Å². The summed E-state index contributed by atoms with van der Waals surface area (Å²) in [5.74, 6) is 0.895. The van der Waals surface area contributed by atoms with Crippen molar-refractivity contribution < 1.29 is 4.74 Å². The van der Waals surface area contributed by atoms with Crippen LogP contribution in [0.3, 0.4) is 0 Å². The molecule has 1 heterocycles. The fraction of sp³-hybridized carbons (Fsp3) is 0.333. The van der Waals surface area contributed by atoms with E-state index in [9.17, 15) is 0 Å². The van der Waals surface area contributed by atoms with Crippen LogP contribution in [-0.2, 0) is 6.61 Å². The molecule has 0 aliphatic heterocycles. The molecule has 1 aromatic carbocycles. The van der Waals surface area contributed by atoms with Crippen LogP contribution in [0.15, 0.2) is 36.4 Å². The van der Waals surface area contributed by atoms with Gasteiger partial charge >= 0.3 is 0 Å². The van der Waals surface area contributed by atoms with E-state index < -0.39 is 0 Å². The molecule has 0 amide bonds. The highest BCUT2D eigenvalue weighted by atomic mass is 35.5.